The molecule has 146 valence electrons. The van der Waals surface area contributed by atoms with Gasteiger partial charge >= 0.3 is 0 Å². The van der Waals surface area contributed by atoms with E-state index in [1.807, 2.05) is 13.0 Å². The van der Waals surface area contributed by atoms with Crippen LogP contribution in [0.15, 0.2) is 64.4 Å². The molecule has 2 rings (SSSR count). The van der Waals surface area contributed by atoms with Crippen molar-refractivity contribution < 1.29 is 17.9 Å². The number of carbonyl (C=O) groups excluding carboxylic acids is 1. The molecule has 0 aromatic heterocycles. The van der Waals surface area contributed by atoms with Crippen LogP contribution in [0.25, 0.3) is 0 Å². The number of sulfonamides is 1. The van der Waals surface area contributed by atoms with E-state index >= 15 is 0 Å². The molecule has 0 radical (unpaired) electrons. The Kier molecular flexibility index (Phi) is 7.70. The molecule has 0 saturated carbocycles. The van der Waals surface area contributed by atoms with Crippen LogP contribution in [0.1, 0.15) is 6.92 Å². The van der Waals surface area contributed by atoms with E-state index < -0.39 is 10.0 Å². The van der Waals surface area contributed by atoms with Crippen molar-refractivity contribution in [2.45, 2.75) is 22.8 Å². The molecule has 6 nitrogen and oxygen atoms in total. The monoisotopic (exact) mass is 408 g/mol. The van der Waals surface area contributed by atoms with Gasteiger partial charge in [0.1, 0.15) is 0 Å². The largest absolute Gasteiger partial charge is 0.383 e. The molecule has 1 atom stereocenters. The van der Waals surface area contributed by atoms with E-state index in [0.717, 1.165) is 4.90 Å². The van der Waals surface area contributed by atoms with Crippen LogP contribution in [0.3, 0.4) is 0 Å². The third-order valence-electron chi connectivity index (χ3n) is 3.80. The summed E-state index contributed by atoms with van der Waals surface area (Å²) in [4.78, 5) is 12.9. The van der Waals surface area contributed by atoms with Crippen LogP contribution < -0.4 is 9.62 Å². The molecule has 1 unspecified atom stereocenters. The van der Waals surface area contributed by atoms with E-state index in [2.05, 4.69) is 5.32 Å². The van der Waals surface area contributed by atoms with Gasteiger partial charge in [-0.05, 0) is 43.3 Å². The summed E-state index contributed by atoms with van der Waals surface area (Å²) in [5, 5.41) is 2.83. The topological polar surface area (TPSA) is 75.7 Å². The Hall–Kier alpha value is -2.03. The summed E-state index contributed by atoms with van der Waals surface area (Å²) in [6.45, 7) is 2.33. The lowest BCUT2D eigenvalue weighted by molar-refractivity contribution is -0.119. The van der Waals surface area contributed by atoms with Crippen molar-refractivity contribution in [1.82, 2.24) is 5.32 Å². The minimum absolute atomic E-state index is 0.0517. The Morgan fingerprint density at radius 2 is 1.78 bits per heavy atom. The fraction of sp³-hybridized carbons (Fsp3) is 0.316. The molecule has 8 heteroatoms. The van der Waals surface area contributed by atoms with Gasteiger partial charge in [0.05, 0.1) is 22.9 Å². The van der Waals surface area contributed by atoms with Crippen molar-refractivity contribution >= 4 is 33.4 Å². The van der Waals surface area contributed by atoms with Crippen molar-refractivity contribution in [1.29, 1.82) is 0 Å². The zero-order valence-electron chi connectivity index (χ0n) is 15.6. The Morgan fingerprint density at radius 3 is 2.37 bits per heavy atom. The molecule has 0 fully saturated rings. The van der Waals surface area contributed by atoms with Crippen molar-refractivity contribution in [3.8, 4) is 0 Å². The van der Waals surface area contributed by atoms with Gasteiger partial charge in [0, 0.05) is 25.1 Å². The summed E-state index contributed by atoms with van der Waals surface area (Å²) in [6.07, 6.45) is 0. The van der Waals surface area contributed by atoms with Crippen LogP contribution in [0, 0.1) is 0 Å². The fourth-order valence-electron chi connectivity index (χ4n) is 2.40. The number of hydrogen-bond acceptors (Lipinski definition) is 5. The molecule has 0 aliphatic carbocycles. The van der Waals surface area contributed by atoms with Crippen molar-refractivity contribution in [2.75, 3.05) is 30.8 Å². The molecule has 0 bridgehead atoms. The average Bonchev–Trinajstić information content (AvgIpc) is 2.67. The Bertz CT molecular complexity index is 840. The van der Waals surface area contributed by atoms with Gasteiger partial charge in [0.25, 0.3) is 10.0 Å². The van der Waals surface area contributed by atoms with Crippen LogP contribution >= 0.6 is 11.8 Å². The molecule has 2 aromatic rings. The highest BCUT2D eigenvalue weighted by molar-refractivity contribution is 8.00. The average molecular weight is 409 g/mol. The van der Waals surface area contributed by atoms with Crippen molar-refractivity contribution in [3.05, 3.63) is 54.6 Å². The molecule has 1 N–H and O–H groups in total. The van der Waals surface area contributed by atoms with Gasteiger partial charge in [0.2, 0.25) is 5.91 Å². The van der Waals surface area contributed by atoms with Gasteiger partial charge in [0.15, 0.2) is 0 Å². The molecule has 0 spiro atoms. The Balaban J connectivity index is 1.99. The number of amides is 1. The Labute approximate surface area is 165 Å². The number of rotatable bonds is 9. The third-order valence-corrected chi connectivity index (χ3v) is 6.61. The maximum absolute atomic E-state index is 12.7. The number of hydrogen-bond donors (Lipinski definition) is 1. The van der Waals surface area contributed by atoms with E-state index in [1.54, 1.807) is 55.6 Å². The zero-order chi connectivity index (χ0) is 19.9. The molecule has 27 heavy (non-hydrogen) atoms. The zero-order valence-corrected chi connectivity index (χ0v) is 17.2. The van der Waals surface area contributed by atoms with Gasteiger partial charge in [-0.15, -0.1) is 11.8 Å². The molecule has 0 aliphatic heterocycles. The summed E-state index contributed by atoms with van der Waals surface area (Å²) in [5.41, 5.74) is 0.595. The SMILES string of the molecule is COCC(C)NC(=O)CSc1ccc(S(=O)(=O)N(C)c2ccccc2)cc1. The first-order chi connectivity index (χ1) is 12.8. The maximum atomic E-state index is 12.7. The van der Waals surface area contributed by atoms with E-state index in [0.29, 0.717) is 12.3 Å². The highest BCUT2D eigenvalue weighted by Crippen LogP contribution is 2.24. The molecule has 0 aliphatic rings. The predicted octanol–water partition coefficient (Wildman–Crippen LogP) is 2.75. The molecule has 0 saturated heterocycles. The summed E-state index contributed by atoms with van der Waals surface area (Å²) >= 11 is 1.35. The van der Waals surface area contributed by atoms with Crippen LogP contribution in [-0.4, -0.2) is 46.9 Å². The first-order valence-corrected chi connectivity index (χ1v) is 10.8. The van der Waals surface area contributed by atoms with Crippen LogP contribution in [-0.2, 0) is 19.6 Å². The van der Waals surface area contributed by atoms with E-state index in [-0.39, 0.29) is 22.6 Å². The van der Waals surface area contributed by atoms with E-state index in [1.165, 1.54) is 23.1 Å². The molecule has 1 amide bonds. The molecular formula is C19H24N2O4S2. The molecular weight excluding hydrogens is 384 g/mol. The lowest BCUT2D eigenvalue weighted by Gasteiger charge is -2.19. The van der Waals surface area contributed by atoms with Gasteiger partial charge in [-0.3, -0.25) is 9.10 Å². The summed E-state index contributed by atoms with van der Waals surface area (Å²) in [5.74, 6) is 0.161. The highest BCUT2D eigenvalue weighted by Gasteiger charge is 2.21. The van der Waals surface area contributed by atoms with E-state index in [9.17, 15) is 13.2 Å². The number of benzene rings is 2. The number of nitrogens with one attached hydrogen (secondary N) is 1. The predicted molar refractivity (Wildman–Crippen MR) is 109 cm³/mol. The number of carbonyl (C=O) groups is 1. The van der Waals surface area contributed by atoms with Crippen LogP contribution in [0.2, 0.25) is 0 Å². The minimum atomic E-state index is -3.63. The van der Waals surface area contributed by atoms with Gasteiger partial charge in [-0.1, -0.05) is 18.2 Å². The number of nitrogens with zero attached hydrogens (tertiary/aromatic N) is 1. The third kappa shape index (κ3) is 5.98. The van der Waals surface area contributed by atoms with Gasteiger partial charge in [-0.2, -0.15) is 0 Å². The summed E-state index contributed by atoms with van der Waals surface area (Å²) in [7, 11) is -0.519. The lowest BCUT2D eigenvalue weighted by atomic mass is 10.3. The quantitative estimate of drug-likeness (QED) is 0.646. The van der Waals surface area contributed by atoms with Gasteiger partial charge in [-0.25, -0.2) is 8.42 Å². The van der Waals surface area contributed by atoms with Crippen LogP contribution in [0.5, 0.6) is 0 Å². The first-order valence-electron chi connectivity index (χ1n) is 8.39. The standard InChI is InChI=1S/C19H24N2O4S2/c1-15(13-25-3)20-19(22)14-26-17-9-11-18(12-10-17)27(23,24)21(2)16-7-5-4-6-8-16/h4-12,15H,13-14H2,1-3H3,(H,20,22). The Morgan fingerprint density at radius 1 is 1.15 bits per heavy atom. The molecule has 0 heterocycles. The normalized spacial score (nSPS) is 12.4. The number of anilines is 1. The highest BCUT2D eigenvalue weighted by atomic mass is 32.2. The molecule has 2 aromatic carbocycles. The lowest BCUT2D eigenvalue weighted by Crippen LogP contribution is -2.36. The van der Waals surface area contributed by atoms with Crippen molar-refractivity contribution in [3.63, 3.8) is 0 Å². The number of thioether (sulfide) groups is 1. The number of ether oxygens (including phenoxy) is 1. The second kappa shape index (κ2) is 9.77. The fourth-order valence-corrected chi connectivity index (χ4v) is 4.30. The number of methoxy groups -OCH3 is 1. The summed E-state index contributed by atoms with van der Waals surface area (Å²) < 4.78 is 31.7. The maximum Gasteiger partial charge on any atom is 0.264 e. The minimum Gasteiger partial charge on any atom is -0.383 e. The summed E-state index contributed by atoms with van der Waals surface area (Å²) in [6, 6.07) is 15.4. The van der Waals surface area contributed by atoms with E-state index in [4.69, 9.17) is 4.74 Å². The second-order valence-electron chi connectivity index (χ2n) is 5.99. The smallest absolute Gasteiger partial charge is 0.264 e. The van der Waals surface area contributed by atoms with Crippen LogP contribution in [0.4, 0.5) is 5.69 Å². The first kappa shape index (κ1) is 21.3. The van der Waals surface area contributed by atoms with Gasteiger partial charge < -0.3 is 10.1 Å². The number of para-hydroxylation sites is 1. The van der Waals surface area contributed by atoms with Crippen molar-refractivity contribution in [2.24, 2.45) is 0 Å². The second-order valence-corrected chi connectivity index (χ2v) is 9.01.